The van der Waals surface area contributed by atoms with E-state index in [1.165, 1.54) is 28.8 Å². The van der Waals surface area contributed by atoms with Crippen molar-refractivity contribution < 1.29 is 0 Å². The van der Waals surface area contributed by atoms with Crippen molar-refractivity contribution in [2.75, 3.05) is 18.5 Å². The second-order valence-corrected chi connectivity index (χ2v) is 5.59. The minimum Gasteiger partial charge on any atom is -0.370 e. The van der Waals surface area contributed by atoms with Crippen LogP contribution in [-0.4, -0.2) is 13.6 Å². The van der Waals surface area contributed by atoms with E-state index in [-0.39, 0.29) is 0 Å². The van der Waals surface area contributed by atoms with Gasteiger partial charge in [-0.2, -0.15) is 0 Å². The van der Waals surface area contributed by atoms with Gasteiger partial charge in [-0.05, 0) is 42.6 Å². The number of para-hydroxylation sites is 1. The monoisotopic (exact) mass is 282 g/mol. The fourth-order valence-electron chi connectivity index (χ4n) is 2.56. The van der Waals surface area contributed by atoms with E-state index in [1.807, 2.05) is 0 Å². The van der Waals surface area contributed by atoms with Gasteiger partial charge in [0.05, 0.1) is 0 Å². The molecular formula is C19H26N2. The van der Waals surface area contributed by atoms with Gasteiger partial charge in [0.2, 0.25) is 0 Å². The molecule has 21 heavy (non-hydrogen) atoms. The molecule has 2 aromatic carbocycles. The largest absolute Gasteiger partial charge is 0.370 e. The van der Waals surface area contributed by atoms with Crippen molar-refractivity contribution in [2.45, 2.75) is 33.4 Å². The number of nitrogens with zero attached hydrogens (tertiary/aromatic N) is 1. The number of nitrogens with one attached hydrogen (secondary N) is 1. The van der Waals surface area contributed by atoms with Crippen LogP contribution in [0.4, 0.5) is 5.69 Å². The number of hydrogen-bond acceptors (Lipinski definition) is 2. The zero-order valence-corrected chi connectivity index (χ0v) is 13.4. The summed E-state index contributed by atoms with van der Waals surface area (Å²) in [5.41, 5.74) is 5.41. The first-order chi connectivity index (χ1) is 10.2. The molecule has 0 heterocycles. The van der Waals surface area contributed by atoms with Gasteiger partial charge in [-0.25, -0.2) is 0 Å². The van der Waals surface area contributed by atoms with Gasteiger partial charge in [0.1, 0.15) is 0 Å². The Bertz CT molecular complexity index is 563. The van der Waals surface area contributed by atoms with Gasteiger partial charge in [0, 0.05) is 25.8 Å². The summed E-state index contributed by atoms with van der Waals surface area (Å²) in [6.45, 7) is 7.32. The highest BCUT2D eigenvalue weighted by Gasteiger charge is 2.08. The molecule has 0 radical (unpaired) electrons. The summed E-state index contributed by atoms with van der Waals surface area (Å²) >= 11 is 0. The molecule has 0 bridgehead atoms. The van der Waals surface area contributed by atoms with Gasteiger partial charge in [-0.3, -0.25) is 0 Å². The molecular weight excluding hydrogens is 256 g/mol. The number of hydrogen-bond donors (Lipinski definition) is 1. The van der Waals surface area contributed by atoms with E-state index in [2.05, 4.69) is 79.6 Å². The van der Waals surface area contributed by atoms with Crippen LogP contribution in [0.3, 0.4) is 0 Å². The van der Waals surface area contributed by atoms with Gasteiger partial charge in [-0.1, -0.05) is 49.4 Å². The van der Waals surface area contributed by atoms with E-state index < -0.39 is 0 Å². The van der Waals surface area contributed by atoms with Crippen LogP contribution in [0.15, 0.2) is 48.5 Å². The third-order valence-electron chi connectivity index (χ3n) is 3.81. The van der Waals surface area contributed by atoms with Gasteiger partial charge >= 0.3 is 0 Å². The van der Waals surface area contributed by atoms with E-state index in [1.54, 1.807) is 0 Å². The first-order valence-corrected chi connectivity index (χ1v) is 7.76. The van der Waals surface area contributed by atoms with Crippen LogP contribution in [0.2, 0.25) is 0 Å². The Morgan fingerprint density at radius 1 is 0.952 bits per heavy atom. The van der Waals surface area contributed by atoms with Crippen molar-refractivity contribution in [3.05, 3.63) is 65.2 Å². The van der Waals surface area contributed by atoms with Crippen LogP contribution >= 0.6 is 0 Å². The summed E-state index contributed by atoms with van der Waals surface area (Å²) in [4.78, 5) is 2.34. The maximum atomic E-state index is 3.50. The van der Waals surface area contributed by atoms with E-state index in [4.69, 9.17) is 0 Å². The van der Waals surface area contributed by atoms with E-state index >= 15 is 0 Å². The van der Waals surface area contributed by atoms with Crippen LogP contribution in [-0.2, 0) is 13.1 Å². The zero-order chi connectivity index (χ0) is 15.1. The molecule has 0 atom stereocenters. The Kier molecular flexibility index (Phi) is 5.82. The normalized spacial score (nSPS) is 10.6. The number of aryl methyl sites for hydroxylation is 1. The number of anilines is 1. The molecule has 0 aliphatic carbocycles. The smallest absolute Gasteiger partial charge is 0.0428 e. The maximum Gasteiger partial charge on any atom is 0.0428 e. The summed E-state index contributed by atoms with van der Waals surface area (Å²) in [7, 11) is 2.17. The minimum atomic E-state index is 0.933. The van der Waals surface area contributed by atoms with Crippen LogP contribution in [0.25, 0.3) is 0 Å². The van der Waals surface area contributed by atoms with Crippen molar-refractivity contribution in [1.29, 1.82) is 0 Å². The third kappa shape index (κ3) is 4.33. The quantitative estimate of drug-likeness (QED) is 0.768. The maximum absolute atomic E-state index is 3.50. The molecule has 0 aliphatic heterocycles. The predicted molar refractivity (Wildman–Crippen MR) is 91.7 cm³/mol. The Morgan fingerprint density at radius 3 is 2.33 bits per heavy atom. The molecule has 2 aromatic rings. The summed E-state index contributed by atoms with van der Waals surface area (Å²) in [6, 6.07) is 17.3. The Balaban J connectivity index is 2.11. The number of benzene rings is 2. The highest BCUT2D eigenvalue weighted by atomic mass is 15.1. The highest BCUT2D eigenvalue weighted by molar-refractivity contribution is 5.53. The molecule has 0 amide bonds. The molecule has 0 saturated carbocycles. The van der Waals surface area contributed by atoms with E-state index in [0.717, 1.165) is 19.6 Å². The van der Waals surface area contributed by atoms with Gasteiger partial charge in [-0.15, -0.1) is 0 Å². The van der Waals surface area contributed by atoms with Gasteiger partial charge < -0.3 is 10.2 Å². The summed E-state index contributed by atoms with van der Waals surface area (Å²) in [6.07, 6.45) is 1.17. The fraction of sp³-hybridized carbons (Fsp3) is 0.368. The third-order valence-corrected chi connectivity index (χ3v) is 3.81. The first-order valence-electron chi connectivity index (χ1n) is 7.76. The first kappa shape index (κ1) is 15.6. The van der Waals surface area contributed by atoms with E-state index in [0.29, 0.717) is 0 Å². The molecule has 0 unspecified atom stereocenters. The van der Waals surface area contributed by atoms with Crippen molar-refractivity contribution in [3.63, 3.8) is 0 Å². The Labute approximate surface area is 128 Å². The van der Waals surface area contributed by atoms with Gasteiger partial charge in [0.25, 0.3) is 0 Å². The SMILES string of the molecule is CCCNCc1ccccc1N(C)Cc1ccccc1C. The second kappa shape index (κ2) is 7.84. The summed E-state index contributed by atoms with van der Waals surface area (Å²) in [5.74, 6) is 0. The van der Waals surface area contributed by atoms with Crippen LogP contribution in [0.1, 0.15) is 30.0 Å². The summed E-state index contributed by atoms with van der Waals surface area (Å²) in [5, 5.41) is 3.50. The molecule has 2 nitrogen and oxygen atoms in total. The van der Waals surface area contributed by atoms with Crippen molar-refractivity contribution in [1.82, 2.24) is 5.32 Å². The fourth-order valence-corrected chi connectivity index (χ4v) is 2.56. The number of rotatable bonds is 7. The summed E-state index contributed by atoms with van der Waals surface area (Å²) < 4.78 is 0. The molecule has 1 N–H and O–H groups in total. The molecule has 2 heteroatoms. The molecule has 0 aromatic heterocycles. The Hall–Kier alpha value is -1.80. The highest BCUT2D eigenvalue weighted by Crippen LogP contribution is 2.21. The molecule has 0 fully saturated rings. The van der Waals surface area contributed by atoms with E-state index in [9.17, 15) is 0 Å². The van der Waals surface area contributed by atoms with Crippen molar-refractivity contribution in [2.24, 2.45) is 0 Å². The minimum absolute atomic E-state index is 0.933. The molecule has 0 spiro atoms. The molecule has 112 valence electrons. The second-order valence-electron chi connectivity index (χ2n) is 5.59. The van der Waals surface area contributed by atoms with Crippen LogP contribution in [0.5, 0.6) is 0 Å². The zero-order valence-electron chi connectivity index (χ0n) is 13.4. The average molecular weight is 282 g/mol. The van der Waals surface area contributed by atoms with Crippen LogP contribution < -0.4 is 10.2 Å². The van der Waals surface area contributed by atoms with Crippen LogP contribution in [0, 0.1) is 6.92 Å². The van der Waals surface area contributed by atoms with Crippen molar-refractivity contribution in [3.8, 4) is 0 Å². The Morgan fingerprint density at radius 2 is 1.62 bits per heavy atom. The standard InChI is InChI=1S/C19H26N2/c1-4-13-20-14-17-10-7-8-12-19(17)21(3)15-18-11-6-5-9-16(18)2/h5-12,20H,4,13-15H2,1-3H3. The molecule has 0 saturated heterocycles. The average Bonchev–Trinajstić information content (AvgIpc) is 2.50. The molecule has 0 aliphatic rings. The lowest BCUT2D eigenvalue weighted by atomic mass is 10.1. The van der Waals surface area contributed by atoms with Crippen molar-refractivity contribution >= 4 is 5.69 Å². The molecule has 2 rings (SSSR count). The lowest BCUT2D eigenvalue weighted by molar-refractivity contribution is 0.673. The predicted octanol–water partition coefficient (Wildman–Crippen LogP) is 4.13. The lowest BCUT2D eigenvalue weighted by Crippen LogP contribution is -2.21. The lowest BCUT2D eigenvalue weighted by Gasteiger charge is -2.23. The topological polar surface area (TPSA) is 15.3 Å². The van der Waals surface area contributed by atoms with Gasteiger partial charge in [0.15, 0.2) is 0 Å².